The number of thiocarbonyl (C=S) groups is 1. The number of methoxy groups -OCH3 is 2. The van der Waals surface area contributed by atoms with Gasteiger partial charge in [-0.1, -0.05) is 29.8 Å². The van der Waals surface area contributed by atoms with E-state index in [0.29, 0.717) is 24.0 Å². The van der Waals surface area contributed by atoms with Crippen LogP contribution in [0.2, 0.25) is 5.02 Å². The van der Waals surface area contributed by atoms with Crippen molar-refractivity contribution in [3.63, 3.8) is 0 Å². The number of rotatable bonds is 8. The Balaban J connectivity index is 1.51. The number of nitrogens with one attached hydrogen (secondary N) is 2. The van der Waals surface area contributed by atoms with Crippen molar-refractivity contribution < 1.29 is 9.47 Å². The van der Waals surface area contributed by atoms with E-state index in [1.807, 2.05) is 60.1 Å². The molecule has 0 atom stereocenters. The van der Waals surface area contributed by atoms with Crippen molar-refractivity contribution in [2.24, 2.45) is 0 Å². The van der Waals surface area contributed by atoms with Gasteiger partial charge in [0.05, 0.1) is 20.8 Å². The van der Waals surface area contributed by atoms with E-state index in [-0.39, 0.29) is 0 Å². The van der Waals surface area contributed by atoms with E-state index in [1.165, 1.54) is 0 Å². The first kappa shape index (κ1) is 21.9. The van der Waals surface area contributed by atoms with Crippen LogP contribution in [0, 0.1) is 6.92 Å². The molecule has 1 heterocycles. The molecule has 1 aromatic heterocycles. The summed E-state index contributed by atoms with van der Waals surface area (Å²) in [6.45, 7) is 3.37. The highest BCUT2D eigenvalue weighted by atomic mass is 35.5. The third-order valence-electron chi connectivity index (χ3n) is 4.62. The predicted octanol–water partition coefficient (Wildman–Crippen LogP) is 4.44. The molecule has 8 heteroatoms. The van der Waals surface area contributed by atoms with Gasteiger partial charge < -0.3 is 20.1 Å². The van der Waals surface area contributed by atoms with Gasteiger partial charge in [0.15, 0.2) is 22.4 Å². The molecular formula is C22H25ClN4O2S. The van der Waals surface area contributed by atoms with E-state index in [4.69, 9.17) is 33.3 Å². The molecule has 0 aliphatic carbocycles. The quantitative estimate of drug-likeness (QED) is 0.501. The highest BCUT2D eigenvalue weighted by Crippen LogP contribution is 2.27. The zero-order chi connectivity index (χ0) is 21.5. The van der Waals surface area contributed by atoms with Crippen LogP contribution in [-0.2, 0) is 13.0 Å². The molecule has 0 unspecified atom stereocenters. The minimum Gasteiger partial charge on any atom is -0.493 e. The van der Waals surface area contributed by atoms with Gasteiger partial charge in [-0.05, 0) is 61.0 Å². The Morgan fingerprint density at radius 2 is 1.73 bits per heavy atom. The summed E-state index contributed by atoms with van der Waals surface area (Å²) in [6.07, 6.45) is 0.798. The molecule has 3 rings (SSSR count). The largest absolute Gasteiger partial charge is 0.493 e. The molecule has 2 N–H and O–H groups in total. The van der Waals surface area contributed by atoms with Crippen LogP contribution in [0.3, 0.4) is 0 Å². The number of anilines is 1. The molecule has 30 heavy (non-hydrogen) atoms. The minimum absolute atomic E-state index is 0.534. The number of aryl methyl sites for hydroxylation is 1. The second kappa shape index (κ2) is 10.3. The van der Waals surface area contributed by atoms with Crippen LogP contribution >= 0.6 is 23.8 Å². The Labute approximate surface area is 187 Å². The van der Waals surface area contributed by atoms with Crippen molar-refractivity contribution in [3.05, 3.63) is 70.4 Å². The van der Waals surface area contributed by atoms with Crippen molar-refractivity contribution in [2.75, 3.05) is 26.1 Å². The standard InChI is InChI=1S/C22H25ClN4O2S/c1-15-12-21(26-27(15)14-17-4-7-18(23)8-5-17)25-22(30)24-11-10-16-6-9-19(28-2)20(13-16)29-3/h4-9,12-13H,10-11,14H2,1-3H3,(H2,24,25,26,30). The fourth-order valence-electron chi connectivity index (χ4n) is 3.01. The molecule has 6 nitrogen and oxygen atoms in total. The molecule has 0 radical (unpaired) electrons. The van der Waals surface area contributed by atoms with E-state index in [2.05, 4.69) is 15.7 Å². The Kier molecular flexibility index (Phi) is 7.54. The Morgan fingerprint density at radius 1 is 1.03 bits per heavy atom. The smallest absolute Gasteiger partial charge is 0.172 e. The molecule has 0 fully saturated rings. The lowest BCUT2D eigenvalue weighted by molar-refractivity contribution is 0.354. The van der Waals surface area contributed by atoms with Crippen LogP contribution in [0.4, 0.5) is 5.82 Å². The lowest BCUT2D eigenvalue weighted by Crippen LogP contribution is -2.30. The summed E-state index contributed by atoms with van der Waals surface area (Å²) in [4.78, 5) is 0. The third-order valence-corrected chi connectivity index (χ3v) is 5.11. The van der Waals surface area contributed by atoms with Crippen molar-refractivity contribution in [2.45, 2.75) is 19.9 Å². The summed E-state index contributed by atoms with van der Waals surface area (Å²) in [5.41, 5.74) is 3.30. The molecule has 0 bridgehead atoms. The monoisotopic (exact) mass is 444 g/mol. The molecule has 0 amide bonds. The average Bonchev–Trinajstić information content (AvgIpc) is 3.08. The van der Waals surface area contributed by atoms with Crippen LogP contribution in [0.5, 0.6) is 11.5 Å². The molecule has 0 saturated carbocycles. The first-order valence-electron chi connectivity index (χ1n) is 9.53. The average molecular weight is 445 g/mol. The van der Waals surface area contributed by atoms with Crippen molar-refractivity contribution >= 4 is 34.7 Å². The zero-order valence-electron chi connectivity index (χ0n) is 17.2. The van der Waals surface area contributed by atoms with Crippen LogP contribution in [0.25, 0.3) is 0 Å². The van der Waals surface area contributed by atoms with Gasteiger partial charge in [0.2, 0.25) is 0 Å². The molecule has 158 valence electrons. The number of hydrogen-bond acceptors (Lipinski definition) is 4. The maximum atomic E-state index is 5.95. The SMILES string of the molecule is COc1ccc(CCNC(=S)Nc2cc(C)n(Cc3ccc(Cl)cc3)n2)cc1OC. The predicted molar refractivity (Wildman–Crippen MR) is 125 cm³/mol. The van der Waals surface area contributed by atoms with E-state index in [9.17, 15) is 0 Å². The number of ether oxygens (including phenoxy) is 2. The summed E-state index contributed by atoms with van der Waals surface area (Å²) >= 11 is 11.4. The summed E-state index contributed by atoms with van der Waals surface area (Å²) < 4.78 is 12.5. The Morgan fingerprint density at radius 3 is 2.43 bits per heavy atom. The highest BCUT2D eigenvalue weighted by Gasteiger charge is 2.08. The van der Waals surface area contributed by atoms with Crippen LogP contribution in [0.15, 0.2) is 48.5 Å². The van der Waals surface area contributed by atoms with Crippen LogP contribution in [-0.4, -0.2) is 35.7 Å². The lowest BCUT2D eigenvalue weighted by Gasteiger charge is -2.11. The van der Waals surface area contributed by atoms with Gasteiger partial charge in [0, 0.05) is 23.3 Å². The number of nitrogens with zero attached hydrogens (tertiary/aromatic N) is 2. The number of benzene rings is 2. The van der Waals surface area contributed by atoms with Gasteiger partial charge in [-0.2, -0.15) is 5.10 Å². The van der Waals surface area contributed by atoms with Gasteiger partial charge in [0.1, 0.15) is 0 Å². The fraction of sp³-hybridized carbons (Fsp3) is 0.273. The number of aromatic nitrogens is 2. The first-order chi connectivity index (χ1) is 14.5. The Bertz CT molecular complexity index is 1000. The highest BCUT2D eigenvalue weighted by molar-refractivity contribution is 7.80. The zero-order valence-corrected chi connectivity index (χ0v) is 18.8. The van der Waals surface area contributed by atoms with Crippen molar-refractivity contribution in [1.82, 2.24) is 15.1 Å². The number of halogens is 1. The molecule has 2 aromatic carbocycles. The van der Waals surface area contributed by atoms with E-state index in [1.54, 1.807) is 14.2 Å². The van der Waals surface area contributed by atoms with Gasteiger partial charge in [-0.3, -0.25) is 4.68 Å². The summed E-state index contributed by atoms with van der Waals surface area (Å²) in [5, 5.41) is 12.2. The first-order valence-corrected chi connectivity index (χ1v) is 10.3. The van der Waals surface area contributed by atoms with E-state index in [0.717, 1.165) is 39.8 Å². The molecular weight excluding hydrogens is 420 g/mol. The topological polar surface area (TPSA) is 60.3 Å². The minimum atomic E-state index is 0.534. The molecule has 0 spiro atoms. The van der Waals surface area contributed by atoms with E-state index < -0.39 is 0 Å². The summed E-state index contributed by atoms with van der Waals surface area (Å²) in [5.74, 6) is 2.15. The van der Waals surface area contributed by atoms with Crippen LogP contribution in [0.1, 0.15) is 16.8 Å². The lowest BCUT2D eigenvalue weighted by atomic mass is 10.1. The third kappa shape index (κ3) is 5.87. The summed E-state index contributed by atoms with van der Waals surface area (Å²) in [6, 6.07) is 15.6. The van der Waals surface area contributed by atoms with Gasteiger partial charge >= 0.3 is 0 Å². The van der Waals surface area contributed by atoms with Gasteiger partial charge in [-0.25, -0.2) is 0 Å². The van der Waals surface area contributed by atoms with Crippen molar-refractivity contribution in [3.8, 4) is 11.5 Å². The Hall–Kier alpha value is -2.77. The van der Waals surface area contributed by atoms with Gasteiger partial charge in [0.25, 0.3) is 0 Å². The van der Waals surface area contributed by atoms with Crippen LogP contribution < -0.4 is 20.1 Å². The maximum Gasteiger partial charge on any atom is 0.172 e. The van der Waals surface area contributed by atoms with E-state index >= 15 is 0 Å². The molecule has 3 aromatic rings. The fourth-order valence-corrected chi connectivity index (χ4v) is 3.34. The second-order valence-corrected chi connectivity index (χ2v) is 7.62. The molecule has 0 aliphatic heterocycles. The molecule has 0 saturated heterocycles. The van der Waals surface area contributed by atoms with Gasteiger partial charge in [-0.15, -0.1) is 0 Å². The maximum absolute atomic E-state index is 5.95. The second-order valence-electron chi connectivity index (χ2n) is 6.78. The number of hydrogen-bond donors (Lipinski definition) is 2. The summed E-state index contributed by atoms with van der Waals surface area (Å²) in [7, 11) is 3.26. The van der Waals surface area contributed by atoms with Crippen molar-refractivity contribution in [1.29, 1.82) is 0 Å². The normalized spacial score (nSPS) is 10.5. The molecule has 0 aliphatic rings.